The van der Waals surface area contributed by atoms with Crippen LogP contribution in [-0.4, -0.2) is 45.6 Å². The van der Waals surface area contributed by atoms with Gasteiger partial charge in [-0.15, -0.1) is 0 Å². The Balaban J connectivity index is 2.04. The minimum Gasteiger partial charge on any atom is -0.299 e. The Bertz CT molecular complexity index is 561. The number of hydrogen-bond donors (Lipinski definition) is 0. The van der Waals surface area contributed by atoms with E-state index in [1.54, 1.807) is 0 Å². The first kappa shape index (κ1) is 15.0. The lowest BCUT2D eigenvalue weighted by molar-refractivity contribution is -0.126. The number of ketones is 1. The van der Waals surface area contributed by atoms with Crippen LogP contribution in [0.5, 0.6) is 0 Å². The van der Waals surface area contributed by atoms with Gasteiger partial charge in [-0.1, -0.05) is 6.42 Å². The van der Waals surface area contributed by atoms with Gasteiger partial charge in [-0.05, 0) is 25.7 Å². The van der Waals surface area contributed by atoms with Crippen molar-refractivity contribution >= 4 is 25.5 Å². The third-order valence-corrected chi connectivity index (χ3v) is 7.68. The number of carbonyl (C=O) groups is 1. The van der Waals surface area contributed by atoms with E-state index in [2.05, 4.69) is 0 Å². The Labute approximate surface area is 114 Å². The maximum absolute atomic E-state index is 12.3. The molecule has 5 nitrogen and oxygen atoms in total. The van der Waals surface area contributed by atoms with E-state index in [1.165, 1.54) is 6.26 Å². The zero-order chi connectivity index (χ0) is 14.3. The molecule has 3 unspecified atom stereocenters. The van der Waals surface area contributed by atoms with Crippen molar-refractivity contribution in [3.8, 4) is 0 Å². The van der Waals surface area contributed by atoms with Gasteiger partial charge < -0.3 is 0 Å². The summed E-state index contributed by atoms with van der Waals surface area (Å²) in [6, 6.07) is 0. The monoisotopic (exact) mass is 308 g/mol. The van der Waals surface area contributed by atoms with Gasteiger partial charge in [0.25, 0.3) is 0 Å². The molecule has 1 saturated carbocycles. The van der Waals surface area contributed by atoms with Crippen molar-refractivity contribution in [2.45, 2.75) is 37.4 Å². The van der Waals surface area contributed by atoms with Crippen LogP contribution in [0.15, 0.2) is 0 Å². The van der Waals surface area contributed by atoms with Gasteiger partial charge in [0.05, 0.1) is 16.8 Å². The Kier molecular flexibility index (Phi) is 4.07. The van der Waals surface area contributed by atoms with Gasteiger partial charge >= 0.3 is 0 Å². The third-order valence-electron chi connectivity index (χ3n) is 4.27. The molecule has 19 heavy (non-hydrogen) atoms. The van der Waals surface area contributed by atoms with Gasteiger partial charge in [-0.25, -0.2) is 16.8 Å². The van der Waals surface area contributed by atoms with Crippen molar-refractivity contribution in [1.29, 1.82) is 0 Å². The van der Waals surface area contributed by atoms with Gasteiger partial charge in [-0.2, -0.15) is 0 Å². The lowest BCUT2D eigenvalue weighted by Gasteiger charge is -2.28. The average molecular weight is 308 g/mol. The van der Waals surface area contributed by atoms with E-state index in [0.717, 1.165) is 6.42 Å². The predicted molar refractivity (Wildman–Crippen MR) is 72.4 cm³/mol. The number of sulfone groups is 2. The molecule has 7 heteroatoms. The topological polar surface area (TPSA) is 85.3 Å². The van der Waals surface area contributed by atoms with E-state index in [-0.39, 0.29) is 23.2 Å². The fourth-order valence-electron chi connectivity index (χ4n) is 3.14. The molecule has 0 radical (unpaired) electrons. The van der Waals surface area contributed by atoms with Gasteiger partial charge in [0.2, 0.25) is 0 Å². The van der Waals surface area contributed by atoms with E-state index < -0.39 is 30.8 Å². The van der Waals surface area contributed by atoms with Crippen molar-refractivity contribution in [3.63, 3.8) is 0 Å². The van der Waals surface area contributed by atoms with Crippen LogP contribution in [0.2, 0.25) is 0 Å². The first-order valence-corrected chi connectivity index (χ1v) is 10.4. The molecule has 3 atom stereocenters. The molecule has 110 valence electrons. The maximum Gasteiger partial charge on any atom is 0.151 e. The Hall–Kier alpha value is -0.430. The van der Waals surface area contributed by atoms with Crippen molar-refractivity contribution in [2.75, 3.05) is 17.8 Å². The summed E-state index contributed by atoms with van der Waals surface area (Å²) in [6.07, 6.45) is 4.03. The molecule has 0 aromatic rings. The summed E-state index contributed by atoms with van der Waals surface area (Å²) in [5.74, 6) is -0.674. The second kappa shape index (κ2) is 5.16. The van der Waals surface area contributed by atoms with Crippen LogP contribution in [0.4, 0.5) is 0 Å². The van der Waals surface area contributed by atoms with E-state index >= 15 is 0 Å². The van der Waals surface area contributed by atoms with Crippen LogP contribution in [-0.2, 0) is 24.5 Å². The molecule has 0 aromatic carbocycles. The first-order chi connectivity index (χ1) is 8.69. The maximum atomic E-state index is 12.3. The van der Waals surface area contributed by atoms with Crippen LogP contribution < -0.4 is 0 Å². The Morgan fingerprint density at radius 2 is 1.79 bits per heavy atom. The summed E-state index contributed by atoms with van der Waals surface area (Å²) >= 11 is 0. The normalized spacial score (nSPS) is 35.1. The zero-order valence-electron chi connectivity index (χ0n) is 11.0. The van der Waals surface area contributed by atoms with Crippen LogP contribution in [0.3, 0.4) is 0 Å². The molecular formula is C12H20O5S2. The molecule has 1 aliphatic heterocycles. The summed E-state index contributed by atoms with van der Waals surface area (Å²) in [6.45, 7) is 0. The van der Waals surface area contributed by atoms with Crippen molar-refractivity contribution in [2.24, 2.45) is 11.8 Å². The molecule has 0 amide bonds. The molecule has 0 aromatic heterocycles. The van der Waals surface area contributed by atoms with E-state index in [1.807, 2.05) is 0 Å². The average Bonchev–Trinajstić information content (AvgIpc) is 2.68. The van der Waals surface area contributed by atoms with E-state index in [0.29, 0.717) is 25.7 Å². The molecule has 2 aliphatic rings. The first-order valence-electron chi connectivity index (χ1n) is 6.62. The van der Waals surface area contributed by atoms with Crippen molar-refractivity contribution in [1.82, 2.24) is 0 Å². The highest BCUT2D eigenvalue weighted by atomic mass is 32.2. The molecule has 1 heterocycles. The largest absolute Gasteiger partial charge is 0.299 e. The third kappa shape index (κ3) is 3.56. The van der Waals surface area contributed by atoms with Crippen molar-refractivity contribution < 1.29 is 21.6 Å². The van der Waals surface area contributed by atoms with Crippen molar-refractivity contribution in [3.05, 3.63) is 0 Å². The molecule has 1 saturated heterocycles. The van der Waals surface area contributed by atoms with Crippen LogP contribution in [0, 0.1) is 11.8 Å². The molecule has 0 spiro atoms. The quantitative estimate of drug-likeness (QED) is 0.762. The summed E-state index contributed by atoms with van der Waals surface area (Å²) in [7, 11) is -6.17. The zero-order valence-corrected chi connectivity index (χ0v) is 12.7. The Morgan fingerprint density at radius 3 is 2.32 bits per heavy atom. The number of Topliss-reactive ketones (excluding diaryl/α,β-unsaturated/α-hetero) is 1. The van der Waals surface area contributed by atoms with Gasteiger partial charge in [0.1, 0.15) is 15.6 Å². The minimum absolute atomic E-state index is 0.0329. The Morgan fingerprint density at radius 1 is 1.11 bits per heavy atom. The second-order valence-corrected chi connectivity index (χ2v) is 10.4. The van der Waals surface area contributed by atoms with Gasteiger partial charge in [0, 0.05) is 18.1 Å². The highest BCUT2D eigenvalue weighted by Crippen LogP contribution is 2.33. The smallest absolute Gasteiger partial charge is 0.151 e. The number of carbonyl (C=O) groups excluding carboxylic acids is 1. The molecule has 0 N–H and O–H groups in total. The molecule has 0 bridgehead atoms. The van der Waals surface area contributed by atoms with Gasteiger partial charge in [0.15, 0.2) is 9.84 Å². The molecular weight excluding hydrogens is 288 g/mol. The second-order valence-electron chi connectivity index (χ2n) is 5.82. The van der Waals surface area contributed by atoms with Crippen LogP contribution >= 0.6 is 0 Å². The molecule has 1 aliphatic carbocycles. The highest BCUT2D eigenvalue weighted by molar-refractivity contribution is 7.91. The van der Waals surface area contributed by atoms with Crippen LogP contribution in [0.25, 0.3) is 0 Å². The predicted octanol–water partition coefficient (Wildman–Crippen LogP) is 0.594. The fraction of sp³-hybridized carbons (Fsp3) is 0.917. The summed E-state index contributed by atoms with van der Waals surface area (Å²) in [5.41, 5.74) is 0. The summed E-state index contributed by atoms with van der Waals surface area (Å²) in [5, 5.41) is -0.437. The SMILES string of the molecule is CS(=O)(=O)C1CCCC(C(=O)C2CCS(=O)(=O)C2)C1. The lowest BCUT2D eigenvalue weighted by Crippen LogP contribution is -2.34. The van der Waals surface area contributed by atoms with Crippen LogP contribution in [0.1, 0.15) is 32.1 Å². The van der Waals surface area contributed by atoms with E-state index in [9.17, 15) is 21.6 Å². The highest BCUT2D eigenvalue weighted by Gasteiger charge is 2.39. The molecule has 2 rings (SSSR count). The lowest BCUT2D eigenvalue weighted by atomic mass is 9.81. The number of hydrogen-bond acceptors (Lipinski definition) is 5. The minimum atomic E-state index is -3.11. The van der Waals surface area contributed by atoms with Gasteiger partial charge in [-0.3, -0.25) is 4.79 Å². The fourth-order valence-corrected chi connectivity index (χ4v) is 6.08. The summed E-state index contributed by atoms with van der Waals surface area (Å²) in [4.78, 5) is 12.3. The molecule has 2 fully saturated rings. The standard InChI is InChI=1S/C12H20O5S2/c1-18(14,15)11-4-2-3-9(7-11)12(13)10-5-6-19(16,17)8-10/h9-11H,2-8H2,1H3. The van der Waals surface area contributed by atoms with E-state index in [4.69, 9.17) is 0 Å². The summed E-state index contributed by atoms with van der Waals surface area (Å²) < 4.78 is 46.0. The number of rotatable bonds is 3.